The number of aromatic nitrogens is 2. The lowest BCUT2D eigenvalue weighted by atomic mass is 10.1. The van der Waals surface area contributed by atoms with Gasteiger partial charge in [0.1, 0.15) is 0 Å². The van der Waals surface area contributed by atoms with Crippen LogP contribution in [0, 0.1) is 6.92 Å². The van der Waals surface area contributed by atoms with Crippen LogP contribution in [0.5, 0.6) is 0 Å². The summed E-state index contributed by atoms with van der Waals surface area (Å²) < 4.78 is 1.82. The predicted molar refractivity (Wildman–Crippen MR) is 97.3 cm³/mol. The maximum Gasteiger partial charge on any atom is 0.276 e. The van der Waals surface area contributed by atoms with Gasteiger partial charge in [-0.3, -0.25) is 9.48 Å². The van der Waals surface area contributed by atoms with Crippen LogP contribution in [0.3, 0.4) is 0 Å². The highest BCUT2D eigenvalue weighted by atomic mass is 32.2. The molecule has 2 heterocycles. The highest BCUT2D eigenvalue weighted by Gasteiger charge is 2.27. The van der Waals surface area contributed by atoms with E-state index in [-0.39, 0.29) is 5.91 Å². The van der Waals surface area contributed by atoms with Gasteiger partial charge >= 0.3 is 0 Å². The number of aryl methyl sites for hydroxylation is 2. The lowest BCUT2D eigenvalue weighted by molar-refractivity contribution is 0.102. The number of carbonyl (C=O) groups is 1. The molecule has 24 heavy (non-hydrogen) atoms. The van der Waals surface area contributed by atoms with Crippen molar-refractivity contribution in [2.24, 2.45) is 7.05 Å². The van der Waals surface area contributed by atoms with Crippen molar-refractivity contribution in [1.82, 2.24) is 9.78 Å². The normalized spacial score (nSPS) is 12.4. The van der Waals surface area contributed by atoms with E-state index in [2.05, 4.69) is 22.5 Å². The molecule has 0 saturated heterocycles. The van der Waals surface area contributed by atoms with Gasteiger partial charge in [0, 0.05) is 34.5 Å². The van der Waals surface area contributed by atoms with Crippen LogP contribution in [0.4, 0.5) is 5.69 Å². The van der Waals surface area contributed by atoms with Crippen LogP contribution >= 0.6 is 11.8 Å². The van der Waals surface area contributed by atoms with Crippen LogP contribution in [0.2, 0.25) is 0 Å². The van der Waals surface area contributed by atoms with Crippen LogP contribution in [0.15, 0.2) is 53.4 Å². The van der Waals surface area contributed by atoms with E-state index in [4.69, 9.17) is 0 Å². The van der Waals surface area contributed by atoms with Crippen molar-refractivity contribution in [2.75, 3.05) is 5.32 Å². The van der Waals surface area contributed by atoms with Gasteiger partial charge in [-0.15, -0.1) is 11.8 Å². The van der Waals surface area contributed by atoms with E-state index in [9.17, 15) is 4.79 Å². The van der Waals surface area contributed by atoms with Crippen LogP contribution < -0.4 is 5.32 Å². The van der Waals surface area contributed by atoms with E-state index in [1.54, 1.807) is 11.8 Å². The Hall–Kier alpha value is -2.53. The van der Waals surface area contributed by atoms with Crippen LogP contribution in [-0.2, 0) is 12.8 Å². The summed E-state index contributed by atoms with van der Waals surface area (Å²) in [6.45, 7) is 1.98. The first-order valence-electron chi connectivity index (χ1n) is 7.80. The predicted octanol–water partition coefficient (Wildman–Crippen LogP) is 4.25. The molecule has 0 radical (unpaired) electrons. The summed E-state index contributed by atoms with van der Waals surface area (Å²) in [5, 5.41) is 7.50. The number of hydrogen-bond acceptors (Lipinski definition) is 3. The van der Waals surface area contributed by atoms with Crippen molar-refractivity contribution in [3.05, 3.63) is 65.4 Å². The molecule has 1 amide bonds. The average Bonchev–Trinajstić information content (AvgIpc) is 2.94. The fourth-order valence-electron chi connectivity index (χ4n) is 3.06. The summed E-state index contributed by atoms with van der Waals surface area (Å²) in [6, 6.07) is 16.0. The number of anilines is 1. The molecule has 0 spiro atoms. The largest absolute Gasteiger partial charge is 0.320 e. The molecule has 2 aromatic carbocycles. The monoisotopic (exact) mass is 335 g/mol. The zero-order valence-corrected chi connectivity index (χ0v) is 14.4. The molecule has 3 aromatic rings. The minimum absolute atomic E-state index is 0.152. The van der Waals surface area contributed by atoms with Gasteiger partial charge in [0.15, 0.2) is 5.69 Å². The Morgan fingerprint density at radius 2 is 1.92 bits per heavy atom. The van der Waals surface area contributed by atoms with E-state index >= 15 is 0 Å². The second-order valence-electron chi connectivity index (χ2n) is 5.85. The van der Waals surface area contributed by atoms with Gasteiger partial charge in [0.05, 0.1) is 5.69 Å². The fraction of sp³-hybridized carbons (Fsp3) is 0.158. The van der Waals surface area contributed by atoms with E-state index in [0.29, 0.717) is 5.69 Å². The van der Waals surface area contributed by atoms with Gasteiger partial charge in [0.2, 0.25) is 0 Å². The number of para-hydroxylation sites is 1. The molecule has 120 valence electrons. The molecule has 0 aliphatic carbocycles. The summed E-state index contributed by atoms with van der Waals surface area (Å²) in [7, 11) is 1.90. The zero-order chi connectivity index (χ0) is 16.7. The van der Waals surface area contributed by atoms with Crippen LogP contribution in [0.25, 0.3) is 11.3 Å². The Balaban J connectivity index is 1.74. The Kier molecular flexibility index (Phi) is 3.65. The molecule has 4 nitrogen and oxygen atoms in total. The number of fused-ring (bicyclic) bond motifs is 3. The molecule has 0 unspecified atom stereocenters. The van der Waals surface area contributed by atoms with Crippen molar-refractivity contribution in [3.63, 3.8) is 0 Å². The molecule has 0 saturated carbocycles. The first-order chi connectivity index (χ1) is 11.6. The van der Waals surface area contributed by atoms with E-state index < -0.39 is 0 Å². The summed E-state index contributed by atoms with van der Waals surface area (Å²) in [4.78, 5) is 14.0. The van der Waals surface area contributed by atoms with Crippen molar-refractivity contribution in [1.29, 1.82) is 0 Å². The van der Waals surface area contributed by atoms with E-state index in [1.807, 2.05) is 55.1 Å². The SMILES string of the molecule is Cc1ccccc1NC(=O)c1nn(C)c2c1CSc1ccccc1-2. The molecule has 0 bridgehead atoms. The highest BCUT2D eigenvalue weighted by Crippen LogP contribution is 2.42. The number of benzene rings is 2. The maximum absolute atomic E-state index is 12.8. The van der Waals surface area contributed by atoms with Gasteiger partial charge in [-0.05, 0) is 24.6 Å². The zero-order valence-electron chi connectivity index (χ0n) is 13.5. The molecule has 1 aromatic heterocycles. The third-order valence-electron chi connectivity index (χ3n) is 4.27. The Labute approximate surface area is 144 Å². The fourth-order valence-corrected chi connectivity index (χ4v) is 4.12. The van der Waals surface area contributed by atoms with Crippen LogP contribution in [-0.4, -0.2) is 15.7 Å². The summed E-state index contributed by atoms with van der Waals surface area (Å²) in [5.74, 6) is 0.609. The molecule has 5 heteroatoms. The first-order valence-corrected chi connectivity index (χ1v) is 8.79. The number of thioether (sulfide) groups is 1. The van der Waals surface area contributed by atoms with Crippen LogP contribution in [0.1, 0.15) is 21.6 Å². The molecular weight excluding hydrogens is 318 g/mol. The number of rotatable bonds is 2. The number of carbonyl (C=O) groups excluding carboxylic acids is 1. The lowest BCUT2D eigenvalue weighted by Gasteiger charge is -2.17. The van der Waals surface area contributed by atoms with Crippen molar-refractivity contribution >= 4 is 23.4 Å². The first kappa shape index (κ1) is 15.0. The smallest absolute Gasteiger partial charge is 0.276 e. The number of nitrogens with one attached hydrogen (secondary N) is 1. The average molecular weight is 335 g/mol. The third kappa shape index (κ3) is 2.41. The van der Waals surface area contributed by atoms with Gasteiger partial charge in [-0.1, -0.05) is 36.4 Å². The lowest BCUT2D eigenvalue weighted by Crippen LogP contribution is -2.15. The Morgan fingerprint density at radius 1 is 1.17 bits per heavy atom. The standard InChI is InChI=1S/C19H17N3OS/c1-12-7-3-5-9-15(12)20-19(23)17-14-11-24-16-10-6-4-8-13(16)18(14)22(2)21-17/h3-10H,11H2,1-2H3,(H,20,23). The topological polar surface area (TPSA) is 46.9 Å². The third-order valence-corrected chi connectivity index (χ3v) is 5.37. The van der Waals surface area contributed by atoms with Crippen molar-refractivity contribution < 1.29 is 4.79 Å². The molecule has 4 rings (SSSR count). The molecule has 1 N–H and O–H groups in total. The van der Waals surface area contributed by atoms with Gasteiger partial charge in [0.25, 0.3) is 5.91 Å². The summed E-state index contributed by atoms with van der Waals surface area (Å²) >= 11 is 1.75. The highest BCUT2D eigenvalue weighted by molar-refractivity contribution is 7.98. The molecule has 0 fully saturated rings. The molecular formula is C19H17N3OS. The second kappa shape index (κ2) is 5.83. The van der Waals surface area contributed by atoms with Crippen molar-refractivity contribution in [2.45, 2.75) is 17.6 Å². The number of amides is 1. The molecule has 1 aliphatic rings. The summed E-state index contributed by atoms with van der Waals surface area (Å²) in [6.07, 6.45) is 0. The molecule has 1 aliphatic heterocycles. The minimum Gasteiger partial charge on any atom is -0.320 e. The second-order valence-corrected chi connectivity index (χ2v) is 6.87. The van der Waals surface area contributed by atoms with Crippen molar-refractivity contribution in [3.8, 4) is 11.3 Å². The minimum atomic E-state index is -0.152. The van der Waals surface area contributed by atoms with E-state index in [1.165, 1.54) is 4.90 Å². The Bertz CT molecular complexity index is 946. The quantitative estimate of drug-likeness (QED) is 0.761. The number of hydrogen-bond donors (Lipinski definition) is 1. The van der Waals surface area contributed by atoms with Gasteiger partial charge in [-0.2, -0.15) is 5.10 Å². The van der Waals surface area contributed by atoms with E-state index in [0.717, 1.165) is 33.8 Å². The maximum atomic E-state index is 12.8. The van der Waals surface area contributed by atoms with Gasteiger partial charge in [-0.25, -0.2) is 0 Å². The molecule has 0 atom stereocenters. The summed E-state index contributed by atoms with van der Waals surface area (Å²) in [5.41, 5.74) is 5.57. The van der Waals surface area contributed by atoms with Gasteiger partial charge < -0.3 is 5.32 Å². The number of nitrogens with zero attached hydrogens (tertiary/aromatic N) is 2. The Morgan fingerprint density at radius 3 is 2.75 bits per heavy atom.